The van der Waals surface area contributed by atoms with E-state index >= 15 is 0 Å². The molecule has 0 radical (unpaired) electrons. The van der Waals surface area contributed by atoms with Crippen molar-refractivity contribution in [2.24, 2.45) is 0 Å². The van der Waals surface area contributed by atoms with Gasteiger partial charge in [-0.25, -0.2) is 4.79 Å². The average Bonchev–Trinajstić information content (AvgIpc) is 2.90. The minimum atomic E-state index is -0.335. The summed E-state index contributed by atoms with van der Waals surface area (Å²) in [5.41, 5.74) is 1.39. The van der Waals surface area contributed by atoms with E-state index in [4.69, 9.17) is 4.74 Å². The van der Waals surface area contributed by atoms with E-state index in [9.17, 15) is 4.79 Å². The molecule has 6 nitrogen and oxygen atoms in total. The van der Waals surface area contributed by atoms with Crippen molar-refractivity contribution in [1.82, 2.24) is 14.7 Å². The van der Waals surface area contributed by atoms with Crippen molar-refractivity contribution in [3.8, 4) is 0 Å². The van der Waals surface area contributed by atoms with Crippen LogP contribution in [0.25, 0.3) is 0 Å². The first-order valence-corrected chi connectivity index (χ1v) is 5.30. The molecule has 0 aliphatic heterocycles. The van der Waals surface area contributed by atoms with Crippen LogP contribution in [0.2, 0.25) is 0 Å². The third-order valence-corrected chi connectivity index (χ3v) is 2.35. The van der Waals surface area contributed by atoms with Crippen LogP contribution in [-0.4, -0.2) is 27.3 Å². The lowest BCUT2D eigenvalue weighted by molar-refractivity contribution is 0.0513. The van der Waals surface area contributed by atoms with E-state index in [1.165, 1.54) is 6.39 Å². The second-order valence-corrected chi connectivity index (χ2v) is 3.54. The second kappa shape index (κ2) is 4.82. The number of rotatable bonds is 4. The number of hydrogen-bond donors (Lipinski definition) is 0. The zero-order chi connectivity index (χ0) is 12.3. The van der Waals surface area contributed by atoms with Crippen LogP contribution >= 0.6 is 0 Å². The second-order valence-electron chi connectivity index (χ2n) is 3.54. The molecule has 0 spiro atoms. The lowest BCUT2D eigenvalue weighted by atomic mass is 10.3. The molecule has 90 valence electrons. The normalized spacial score (nSPS) is 10.5. The molecule has 0 amide bonds. The Kier molecular flexibility index (Phi) is 3.22. The predicted octanol–water partition coefficient (Wildman–Crippen LogP) is 1.40. The summed E-state index contributed by atoms with van der Waals surface area (Å²) in [4.78, 5) is 15.7. The third kappa shape index (κ3) is 2.35. The number of nitrogens with zero attached hydrogens (tertiary/aromatic N) is 3. The fourth-order valence-corrected chi connectivity index (χ4v) is 1.61. The van der Waals surface area contributed by atoms with E-state index in [0.717, 1.165) is 5.56 Å². The van der Waals surface area contributed by atoms with Crippen LogP contribution in [0.1, 0.15) is 28.8 Å². The molecule has 0 atom stereocenters. The van der Waals surface area contributed by atoms with Gasteiger partial charge in [0.2, 0.25) is 6.39 Å². The van der Waals surface area contributed by atoms with E-state index in [-0.39, 0.29) is 5.97 Å². The van der Waals surface area contributed by atoms with E-state index in [1.807, 2.05) is 13.0 Å². The lowest BCUT2D eigenvalue weighted by Gasteiger charge is -2.07. The third-order valence-electron chi connectivity index (χ3n) is 2.35. The van der Waals surface area contributed by atoms with Gasteiger partial charge in [-0.15, -0.1) is 0 Å². The molecule has 2 heterocycles. The van der Waals surface area contributed by atoms with Gasteiger partial charge in [-0.2, -0.15) is 4.98 Å². The van der Waals surface area contributed by atoms with Gasteiger partial charge in [-0.3, -0.25) is 0 Å². The van der Waals surface area contributed by atoms with Gasteiger partial charge in [0.25, 0.3) is 0 Å². The number of ether oxygens (including phenoxy) is 1. The molecule has 0 saturated heterocycles. The minimum Gasteiger partial charge on any atom is -0.461 e. The Morgan fingerprint density at radius 1 is 1.59 bits per heavy atom. The Hall–Kier alpha value is -2.11. The molecule has 0 unspecified atom stereocenters. The highest BCUT2D eigenvalue weighted by atomic mass is 16.5. The lowest BCUT2D eigenvalue weighted by Crippen LogP contribution is -2.14. The Bertz CT molecular complexity index is 502. The van der Waals surface area contributed by atoms with Gasteiger partial charge >= 0.3 is 5.97 Å². The zero-order valence-electron chi connectivity index (χ0n) is 9.71. The molecule has 0 bridgehead atoms. The van der Waals surface area contributed by atoms with Crippen molar-refractivity contribution in [3.63, 3.8) is 0 Å². The van der Waals surface area contributed by atoms with Crippen molar-refractivity contribution in [1.29, 1.82) is 0 Å². The van der Waals surface area contributed by atoms with E-state index in [2.05, 4.69) is 14.7 Å². The molecule has 2 aromatic rings. The largest absolute Gasteiger partial charge is 0.461 e. The first kappa shape index (κ1) is 11.4. The van der Waals surface area contributed by atoms with Crippen molar-refractivity contribution in [2.75, 3.05) is 6.61 Å². The maximum absolute atomic E-state index is 11.8. The Labute approximate surface area is 98.2 Å². The minimum absolute atomic E-state index is 0.335. The number of hydrogen-bond acceptors (Lipinski definition) is 5. The summed E-state index contributed by atoms with van der Waals surface area (Å²) in [6.45, 7) is 4.38. The number of carbonyl (C=O) groups is 1. The molecule has 0 aliphatic rings. The number of aryl methyl sites for hydroxylation is 1. The van der Waals surface area contributed by atoms with Crippen molar-refractivity contribution in [3.05, 3.63) is 35.7 Å². The Balaban J connectivity index is 2.26. The summed E-state index contributed by atoms with van der Waals surface area (Å²) in [7, 11) is 0. The molecule has 17 heavy (non-hydrogen) atoms. The molecular weight excluding hydrogens is 222 g/mol. The molecule has 2 rings (SSSR count). The Morgan fingerprint density at radius 3 is 3.06 bits per heavy atom. The van der Waals surface area contributed by atoms with Gasteiger partial charge < -0.3 is 13.8 Å². The maximum atomic E-state index is 11.8. The van der Waals surface area contributed by atoms with Crippen molar-refractivity contribution in [2.45, 2.75) is 20.4 Å². The summed E-state index contributed by atoms with van der Waals surface area (Å²) in [6.07, 6.45) is 3.06. The van der Waals surface area contributed by atoms with Crippen molar-refractivity contribution < 1.29 is 14.1 Å². The first-order valence-electron chi connectivity index (χ1n) is 5.30. The summed E-state index contributed by atoms with van der Waals surface area (Å²) in [6, 6.07) is 1.85. The van der Waals surface area contributed by atoms with E-state index < -0.39 is 0 Å². The molecule has 0 aliphatic carbocycles. The molecule has 2 aromatic heterocycles. The summed E-state index contributed by atoms with van der Waals surface area (Å²) < 4.78 is 11.4. The number of carbonyl (C=O) groups excluding carboxylic acids is 1. The fourth-order valence-electron chi connectivity index (χ4n) is 1.61. The van der Waals surface area contributed by atoms with Crippen LogP contribution in [0.15, 0.2) is 23.2 Å². The molecule has 0 aromatic carbocycles. The van der Waals surface area contributed by atoms with Crippen LogP contribution in [0.5, 0.6) is 0 Å². The van der Waals surface area contributed by atoms with Gasteiger partial charge in [-0.05, 0) is 25.5 Å². The maximum Gasteiger partial charge on any atom is 0.355 e. The zero-order valence-corrected chi connectivity index (χ0v) is 9.71. The van der Waals surface area contributed by atoms with Gasteiger partial charge in [0, 0.05) is 6.20 Å². The topological polar surface area (TPSA) is 70.2 Å². The smallest absolute Gasteiger partial charge is 0.355 e. The van der Waals surface area contributed by atoms with Crippen LogP contribution in [-0.2, 0) is 11.3 Å². The highest BCUT2D eigenvalue weighted by Gasteiger charge is 2.16. The van der Waals surface area contributed by atoms with Crippen LogP contribution in [0.4, 0.5) is 0 Å². The van der Waals surface area contributed by atoms with Crippen molar-refractivity contribution >= 4 is 5.97 Å². The molecular formula is C11H13N3O3. The van der Waals surface area contributed by atoms with Gasteiger partial charge in [-0.1, -0.05) is 5.16 Å². The molecule has 0 N–H and O–H groups in total. The Morgan fingerprint density at radius 2 is 2.41 bits per heavy atom. The van der Waals surface area contributed by atoms with Gasteiger partial charge in [0.1, 0.15) is 5.69 Å². The highest BCUT2D eigenvalue weighted by Crippen LogP contribution is 2.12. The highest BCUT2D eigenvalue weighted by molar-refractivity contribution is 5.89. The van der Waals surface area contributed by atoms with E-state index in [1.54, 1.807) is 17.7 Å². The van der Waals surface area contributed by atoms with Gasteiger partial charge in [0.15, 0.2) is 5.82 Å². The fraction of sp³-hybridized carbons (Fsp3) is 0.364. The molecule has 6 heteroatoms. The predicted molar refractivity (Wildman–Crippen MR) is 58.5 cm³/mol. The SMILES string of the molecule is CCOC(=O)c1c(C)ccn1Cc1ncon1. The summed E-state index contributed by atoms with van der Waals surface area (Å²) in [5, 5.41) is 3.71. The first-order chi connectivity index (χ1) is 8.22. The summed E-state index contributed by atoms with van der Waals surface area (Å²) >= 11 is 0. The molecule has 0 saturated carbocycles. The summed E-state index contributed by atoms with van der Waals surface area (Å²) in [5.74, 6) is 0.185. The van der Waals surface area contributed by atoms with E-state index in [0.29, 0.717) is 24.7 Å². The van der Waals surface area contributed by atoms with Crippen LogP contribution < -0.4 is 0 Å². The molecule has 0 fully saturated rings. The van der Waals surface area contributed by atoms with Crippen LogP contribution in [0, 0.1) is 6.92 Å². The number of aromatic nitrogens is 3. The van der Waals surface area contributed by atoms with Crippen LogP contribution in [0.3, 0.4) is 0 Å². The number of esters is 1. The average molecular weight is 235 g/mol. The monoisotopic (exact) mass is 235 g/mol. The van der Waals surface area contributed by atoms with Gasteiger partial charge in [0.05, 0.1) is 13.2 Å². The quantitative estimate of drug-likeness (QED) is 0.749. The standard InChI is InChI=1S/C11H13N3O3/c1-3-16-11(15)10-8(2)4-5-14(10)6-9-12-7-17-13-9/h4-5,7H,3,6H2,1-2H3.